The molecule has 46 heavy (non-hydrogen) atoms. The quantitative estimate of drug-likeness (QED) is 0.0219. The number of nitrogens with zero attached hydrogens (tertiary/aromatic N) is 2. The van der Waals surface area contributed by atoms with Gasteiger partial charge in [-0.2, -0.15) is 0 Å². The van der Waals surface area contributed by atoms with Crippen molar-refractivity contribution in [3.63, 3.8) is 0 Å². The topological polar surface area (TPSA) is 169 Å². The van der Waals surface area contributed by atoms with Crippen molar-refractivity contribution in [2.45, 2.75) is 73.6 Å². The van der Waals surface area contributed by atoms with Gasteiger partial charge in [-0.25, -0.2) is 4.57 Å². The van der Waals surface area contributed by atoms with E-state index in [1.165, 1.54) is 24.3 Å². The summed E-state index contributed by atoms with van der Waals surface area (Å²) in [6, 6.07) is 4.82. The van der Waals surface area contributed by atoms with Crippen LogP contribution in [0, 0.1) is 26.4 Å². The van der Waals surface area contributed by atoms with Crippen molar-refractivity contribution in [3.8, 4) is 0 Å². The molecule has 262 valence electrons. The Hall–Kier alpha value is -2.54. The lowest BCUT2D eigenvalue weighted by atomic mass is 9.64. The minimum atomic E-state index is -4.24. The molecule has 0 aliphatic heterocycles. The number of phosphoric acid groups is 1. The maximum atomic E-state index is 13.6. The zero-order valence-electron chi connectivity index (χ0n) is 29.0. The molecule has 0 radical (unpaired) electrons. The first-order valence-corrected chi connectivity index (χ1v) is 17.1. The third-order valence-corrected chi connectivity index (χ3v) is 8.85. The first-order valence-electron chi connectivity index (χ1n) is 15.6. The predicted octanol–water partition coefficient (Wildman–Crippen LogP) is 5.78. The maximum Gasteiger partial charge on any atom is 0.472 e. The third-order valence-electron chi connectivity index (χ3n) is 7.84. The molecule has 1 aromatic rings. The first-order chi connectivity index (χ1) is 21.1. The van der Waals surface area contributed by atoms with E-state index >= 15 is 0 Å². The number of hydrogen-bond acceptors (Lipinski definition) is 10. The molecule has 0 aromatic heterocycles. The van der Waals surface area contributed by atoms with E-state index in [-0.39, 0.29) is 57.1 Å². The standard InChI is InChI=1S/C32H53N2O11P/c1-10-12-18-43-29(37)32(6,22-30(3,4)28(36)27(35)25-13-15-26(16-14-25)33(38)39)23-31(5,11-2)24-42-20-21-45-46(40,41)44-19-17-34(7,8)9/h13-16H,10-12,17-24H2,1-9H3/p+1. The van der Waals surface area contributed by atoms with E-state index in [9.17, 15) is 34.0 Å². The number of carbonyl (C=O) groups excluding carboxylic acids is 3. The van der Waals surface area contributed by atoms with Gasteiger partial charge in [0, 0.05) is 23.1 Å². The van der Waals surface area contributed by atoms with E-state index in [4.69, 9.17) is 18.5 Å². The second-order valence-corrected chi connectivity index (χ2v) is 15.6. The molecule has 0 bridgehead atoms. The molecule has 0 aliphatic rings. The number of unbranched alkanes of at least 4 members (excludes halogenated alkanes) is 1. The lowest BCUT2D eigenvalue weighted by molar-refractivity contribution is -0.870. The minimum Gasteiger partial charge on any atom is -0.465 e. The van der Waals surface area contributed by atoms with E-state index in [0.29, 0.717) is 23.9 Å². The summed E-state index contributed by atoms with van der Waals surface area (Å²) >= 11 is 0. The van der Waals surface area contributed by atoms with Crippen LogP contribution in [-0.2, 0) is 32.7 Å². The fraction of sp³-hybridized carbons (Fsp3) is 0.719. The van der Waals surface area contributed by atoms with E-state index in [2.05, 4.69) is 0 Å². The number of ketones is 2. The second-order valence-electron chi connectivity index (χ2n) is 14.1. The average Bonchev–Trinajstić information content (AvgIpc) is 2.95. The molecule has 0 saturated heterocycles. The fourth-order valence-corrected chi connectivity index (χ4v) is 5.83. The molecule has 0 fully saturated rings. The SMILES string of the molecule is CCCCOC(=O)C(C)(CC(C)(CC)COCCOP(=O)(O)OCC[N+](C)(C)C)CC(C)(C)C(=O)C(=O)c1ccc([N+](=O)[O-])cc1. The molecular formula is C32H54N2O11P+. The summed E-state index contributed by atoms with van der Waals surface area (Å²) in [7, 11) is 1.56. The smallest absolute Gasteiger partial charge is 0.465 e. The Bertz CT molecular complexity index is 1230. The number of non-ortho nitro benzene ring substituents is 1. The number of ether oxygens (including phenoxy) is 2. The number of likely N-dealkylation sites (N-methyl/N-ethyl adjacent to an activating group) is 1. The lowest BCUT2D eigenvalue weighted by Crippen LogP contribution is -2.44. The van der Waals surface area contributed by atoms with Crippen molar-refractivity contribution in [1.82, 2.24) is 0 Å². The van der Waals surface area contributed by atoms with E-state index in [1.54, 1.807) is 20.8 Å². The second kappa shape index (κ2) is 17.6. The molecule has 0 heterocycles. The van der Waals surface area contributed by atoms with Gasteiger partial charge in [0.05, 0.1) is 57.9 Å². The van der Waals surface area contributed by atoms with Crippen LogP contribution in [0.4, 0.5) is 5.69 Å². The highest BCUT2D eigenvalue weighted by Gasteiger charge is 2.48. The third kappa shape index (κ3) is 14.1. The summed E-state index contributed by atoms with van der Waals surface area (Å²) in [4.78, 5) is 60.6. The van der Waals surface area contributed by atoms with Gasteiger partial charge in [-0.1, -0.05) is 41.0 Å². The molecule has 0 spiro atoms. The Morgan fingerprint density at radius 3 is 2.04 bits per heavy atom. The van der Waals surface area contributed by atoms with Crippen LogP contribution in [0.5, 0.6) is 0 Å². The molecular weight excluding hydrogens is 619 g/mol. The number of hydrogen-bond donors (Lipinski definition) is 1. The van der Waals surface area contributed by atoms with Crippen LogP contribution >= 0.6 is 7.82 Å². The van der Waals surface area contributed by atoms with Crippen LogP contribution in [0.3, 0.4) is 0 Å². The van der Waals surface area contributed by atoms with Crippen LogP contribution in [0.15, 0.2) is 24.3 Å². The largest absolute Gasteiger partial charge is 0.472 e. The molecule has 1 rings (SSSR count). The van der Waals surface area contributed by atoms with Crippen molar-refractivity contribution < 1.29 is 51.8 Å². The molecule has 1 N–H and O–H groups in total. The zero-order valence-corrected chi connectivity index (χ0v) is 29.9. The van der Waals surface area contributed by atoms with Crippen molar-refractivity contribution in [3.05, 3.63) is 39.9 Å². The van der Waals surface area contributed by atoms with Gasteiger partial charge in [0.2, 0.25) is 11.6 Å². The van der Waals surface area contributed by atoms with E-state index in [0.717, 1.165) is 6.42 Å². The Kier molecular flexibility index (Phi) is 15.8. The number of esters is 1. The Labute approximate surface area is 273 Å². The summed E-state index contributed by atoms with van der Waals surface area (Å²) in [5.41, 5.74) is -3.23. The van der Waals surface area contributed by atoms with Gasteiger partial charge >= 0.3 is 13.8 Å². The van der Waals surface area contributed by atoms with Crippen LogP contribution in [-0.4, -0.2) is 92.6 Å². The van der Waals surface area contributed by atoms with E-state index < -0.39 is 46.5 Å². The monoisotopic (exact) mass is 673 g/mol. The van der Waals surface area contributed by atoms with Crippen molar-refractivity contribution >= 4 is 31.0 Å². The Morgan fingerprint density at radius 1 is 0.935 bits per heavy atom. The average molecular weight is 674 g/mol. The summed E-state index contributed by atoms with van der Waals surface area (Å²) < 4.78 is 34.3. The number of quaternary nitrogens is 1. The number of nitro groups is 1. The summed E-state index contributed by atoms with van der Waals surface area (Å²) in [5.74, 6) is -2.01. The number of phosphoric ester groups is 1. The van der Waals surface area contributed by atoms with Crippen LogP contribution in [0.1, 0.15) is 84.0 Å². The van der Waals surface area contributed by atoms with Gasteiger partial charge in [-0.05, 0) is 50.2 Å². The van der Waals surface area contributed by atoms with Gasteiger partial charge in [0.25, 0.3) is 5.69 Å². The van der Waals surface area contributed by atoms with Crippen LogP contribution < -0.4 is 0 Å². The number of carbonyl (C=O) groups is 3. The number of rotatable bonds is 23. The number of Topliss-reactive ketones (excluding diaryl/α,β-unsaturated/α-hetero) is 2. The first kappa shape index (κ1) is 41.5. The molecule has 0 aliphatic carbocycles. The molecule has 0 saturated carbocycles. The van der Waals surface area contributed by atoms with Gasteiger partial charge in [-0.3, -0.25) is 33.5 Å². The highest BCUT2D eigenvalue weighted by atomic mass is 31.2. The number of nitro benzene ring substituents is 1. The van der Waals surface area contributed by atoms with Gasteiger partial charge in [0.15, 0.2) is 0 Å². The molecule has 14 heteroatoms. The molecule has 0 amide bonds. The zero-order chi connectivity index (χ0) is 35.4. The summed E-state index contributed by atoms with van der Waals surface area (Å²) in [6.07, 6.45) is 2.35. The Balaban J connectivity index is 3.03. The normalized spacial score (nSPS) is 16.1. The highest BCUT2D eigenvalue weighted by Crippen LogP contribution is 2.46. The van der Waals surface area contributed by atoms with Gasteiger partial charge < -0.3 is 18.9 Å². The van der Waals surface area contributed by atoms with Crippen molar-refractivity contribution in [2.24, 2.45) is 16.2 Å². The van der Waals surface area contributed by atoms with Gasteiger partial charge in [0.1, 0.15) is 13.2 Å². The summed E-state index contributed by atoms with van der Waals surface area (Å²) in [6.45, 7) is 11.6. The minimum absolute atomic E-state index is 0.000469. The molecule has 3 atom stereocenters. The van der Waals surface area contributed by atoms with E-state index in [1.807, 2.05) is 41.9 Å². The predicted molar refractivity (Wildman–Crippen MR) is 173 cm³/mol. The van der Waals surface area contributed by atoms with Crippen LogP contribution in [0.25, 0.3) is 0 Å². The molecule has 1 aromatic carbocycles. The highest BCUT2D eigenvalue weighted by molar-refractivity contribution is 7.47. The summed E-state index contributed by atoms with van der Waals surface area (Å²) in [5, 5.41) is 11.0. The fourth-order valence-electron chi connectivity index (χ4n) is 5.14. The number of benzene rings is 1. The lowest BCUT2D eigenvalue weighted by Gasteiger charge is -2.41. The van der Waals surface area contributed by atoms with Crippen molar-refractivity contribution in [1.29, 1.82) is 0 Å². The molecule has 13 nitrogen and oxygen atoms in total. The van der Waals surface area contributed by atoms with Crippen molar-refractivity contribution in [2.75, 3.05) is 60.7 Å². The molecule has 3 unspecified atom stereocenters. The Morgan fingerprint density at radius 2 is 1.52 bits per heavy atom. The van der Waals surface area contributed by atoms with Crippen LogP contribution in [0.2, 0.25) is 0 Å². The maximum absolute atomic E-state index is 13.6. The van der Waals surface area contributed by atoms with Gasteiger partial charge in [-0.15, -0.1) is 0 Å².